The van der Waals surface area contributed by atoms with E-state index in [-0.39, 0.29) is 42.9 Å². The minimum absolute atomic E-state index is 0.162. The molecule has 2 N–H and O–H groups in total. The van der Waals surface area contributed by atoms with E-state index in [0.717, 1.165) is 22.3 Å². The van der Waals surface area contributed by atoms with E-state index in [1.165, 1.54) is 0 Å². The quantitative estimate of drug-likeness (QED) is 0.803. The summed E-state index contributed by atoms with van der Waals surface area (Å²) in [6, 6.07) is 12.9. The van der Waals surface area contributed by atoms with Crippen LogP contribution in [-0.2, 0) is 20.8 Å². The molecule has 1 saturated heterocycles. The maximum absolute atomic E-state index is 12.5. The van der Waals surface area contributed by atoms with Crippen molar-refractivity contribution in [3.63, 3.8) is 0 Å². The number of hydrogen-bond donors (Lipinski definition) is 2. The number of nitriles is 1. The van der Waals surface area contributed by atoms with Crippen molar-refractivity contribution in [2.75, 3.05) is 5.32 Å². The number of piperidine rings is 1. The van der Waals surface area contributed by atoms with Crippen molar-refractivity contribution in [3.05, 3.63) is 64.2 Å². The van der Waals surface area contributed by atoms with Crippen molar-refractivity contribution in [1.29, 1.82) is 5.26 Å². The first-order chi connectivity index (χ1) is 13.4. The van der Waals surface area contributed by atoms with Crippen molar-refractivity contribution in [2.45, 2.75) is 39.0 Å². The lowest BCUT2D eigenvalue weighted by molar-refractivity contribution is -0.133. The molecule has 0 atom stereocenters. The maximum atomic E-state index is 12.5. The smallest absolute Gasteiger partial charge is 0.228 e. The number of carbonyl (C=O) groups excluding carboxylic acids is 3. The standard InChI is InChI=1S/C22H21N3O3/c1-13-6-15(12-23)7-14(2)19(13)11-22(28)24-18-5-3-4-16(8-18)17-9-20(26)25-21(27)10-17/h3-8,17H,9-11H2,1-2H3,(H,24,28)(H,25,26,27). The summed E-state index contributed by atoms with van der Waals surface area (Å²) in [4.78, 5) is 35.8. The molecule has 2 aromatic rings. The van der Waals surface area contributed by atoms with E-state index in [1.54, 1.807) is 24.3 Å². The molecule has 2 aromatic carbocycles. The van der Waals surface area contributed by atoms with Crippen LogP contribution in [0.5, 0.6) is 0 Å². The lowest BCUT2D eigenvalue weighted by Crippen LogP contribution is -2.37. The van der Waals surface area contributed by atoms with Gasteiger partial charge in [0.1, 0.15) is 0 Å². The predicted octanol–water partition coefficient (Wildman–Crippen LogP) is 2.88. The van der Waals surface area contributed by atoms with Crippen LogP contribution in [0.1, 0.15) is 46.6 Å². The van der Waals surface area contributed by atoms with E-state index in [1.807, 2.05) is 26.0 Å². The summed E-state index contributed by atoms with van der Waals surface area (Å²) >= 11 is 0. The van der Waals surface area contributed by atoms with E-state index in [2.05, 4.69) is 16.7 Å². The molecular weight excluding hydrogens is 354 g/mol. The molecule has 1 fully saturated rings. The zero-order valence-electron chi connectivity index (χ0n) is 15.8. The minimum atomic E-state index is -0.276. The Kier molecular flexibility index (Phi) is 5.55. The molecule has 0 unspecified atom stereocenters. The number of nitrogens with zero attached hydrogens (tertiary/aromatic N) is 1. The van der Waals surface area contributed by atoms with Gasteiger partial charge in [-0.2, -0.15) is 5.26 Å². The molecule has 1 heterocycles. The van der Waals surface area contributed by atoms with Gasteiger partial charge in [-0.1, -0.05) is 12.1 Å². The second-order valence-electron chi connectivity index (χ2n) is 7.13. The average Bonchev–Trinajstić information content (AvgIpc) is 2.64. The van der Waals surface area contributed by atoms with E-state index < -0.39 is 0 Å². The summed E-state index contributed by atoms with van der Waals surface area (Å²) in [5.74, 6) is -0.892. The van der Waals surface area contributed by atoms with E-state index in [9.17, 15) is 14.4 Å². The monoisotopic (exact) mass is 375 g/mol. The van der Waals surface area contributed by atoms with Crippen LogP contribution in [0.15, 0.2) is 36.4 Å². The molecule has 0 radical (unpaired) electrons. The number of nitrogens with one attached hydrogen (secondary N) is 2. The zero-order chi connectivity index (χ0) is 20.3. The Labute approximate surface area is 163 Å². The fraction of sp³-hybridized carbons (Fsp3) is 0.273. The third kappa shape index (κ3) is 4.44. The van der Waals surface area contributed by atoms with E-state index in [0.29, 0.717) is 11.3 Å². The highest BCUT2D eigenvalue weighted by Gasteiger charge is 2.26. The topological polar surface area (TPSA) is 99.1 Å². The van der Waals surface area contributed by atoms with Crippen LogP contribution < -0.4 is 10.6 Å². The summed E-state index contributed by atoms with van der Waals surface area (Å²) in [6.07, 6.45) is 0.720. The molecule has 3 amide bonds. The SMILES string of the molecule is Cc1cc(C#N)cc(C)c1CC(=O)Nc1cccc(C2CC(=O)NC(=O)C2)c1. The molecule has 6 nitrogen and oxygen atoms in total. The molecule has 3 rings (SSSR count). The molecular formula is C22H21N3O3. The number of carbonyl (C=O) groups is 3. The van der Waals surface area contributed by atoms with Crippen LogP contribution in [0, 0.1) is 25.2 Å². The highest BCUT2D eigenvalue weighted by molar-refractivity contribution is 5.98. The number of amides is 3. The minimum Gasteiger partial charge on any atom is -0.326 e. The lowest BCUT2D eigenvalue weighted by atomic mass is 9.89. The number of aryl methyl sites for hydroxylation is 2. The maximum Gasteiger partial charge on any atom is 0.228 e. The number of rotatable bonds is 4. The van der Waals surface area contributed by atoms with Crippen LogP contribution in [0.2, 0.25) is 0 Å². The Morgan fingerprint density at radius 3 is 2.39 bits per heavy atom. The van der Waals surface area contributed by atoms with Crippen LogP contribution in [-0.4, -0.2) is 17.7 Å². The Morgan fingerprint density at radius 1 is 1.14 bits per heavy atom. The van der Waals surface area contributed by atoms with Crippen molar-refractivity contribution >= 4 is 23.4 Å². The Morgan fingerprint density at radius 2 is 1.79 bits per heavy atom. The highest BCUT2D eigenvalue weighted by atomic mass is 16.2. The van der Waals surface area contributed by atoms with Crippen LogP contribution in [0.25, 0.3) is 0 Å². The molecule has 142 valence electrons. The van der Waals surface area contributed by atoms with E-state index in [4.69, 9.17) is 5.26 Å². The van der Waals surface area contributed by atoms with Gasteiger partial charge in [-0.25, -0.2) is 0 Å². The van der Waals surface area contributed by atoms with Gasteiger partial charge in [0.25, 0.3) is 0 Å². The van der Waals surface area contributed by atoms with E-state index >= 15 is 0 Å². The Hall–Kier alpha value is -3.46. The van der Waals surface area contributed by atoms with Gasteiger partial charge in [0.05, 0.1) is 18.1 Å². The first kappa shape index (κ1) is 19.3. The molecule has 1 aliphatic rings. The number of imide groups is 1. The van der Waals surface area contributed by atoms with Crippen molar-refractivity contribution < 1.29 is 14.4 Å². The fourth-order valence-corrected chi connectivity index (χ4v) is 3.59. The van der Waals surface area contributed by atoms with Crippen molar-refractivity contribution in [1.82, 2.24) is 5.32 Å². The summed E-state index contributed by atoms with van der Waals surface area (Å²) in [7, 11) is 0. The highest BCUT2D eigenvalue weighted by Crippen LogP contribution is 2.28. The fourth-order valence-electron chi connectivity index (χ4n) is 3.59. The van der Waals surface area contributed by atoms with Gasteiger partial charge in [0.2, 0.25) is 17.7 Å². The summed E-state index contributed by atoms with van der Waals surface area (Å²) < 4.78 is 0. The van der Waals surface area contributed by atoms with Gasteiger partial charge in [-0.05, 0) is 60.4 Å². The van der Waals surface area contributed by atoms with Gasteiger partial charge in [0, 0.05) is 24.4 Å². The third-order valence-corrected chi connectivity index (χ3v) is 4.95. The molecule has 0 aromatic heterocycles. The van der Waals surface area contributed by atoms with Gasteiger partial charge < -0.3 is 5.32 Å². The Bertz CT molecular complexity index is 965. The van der Waals surface area contributed by atoms with Crippen LogP contribution in [0.4, 0.5) is 5.69 Å². The second kappa shape index (κ2) is 8.05. The number of benzene rings is 2. The summed E-state index contributed by atoms with van der Waals surface area (Å²) in [5, 5.41) is 14.2. The molecule has 1 aliphatic heterocycles. The third-order valence-electron chi connectivity index (χ3n) is 4.95. The first-order valence-electron chi connectivity index (χ1n) is 9.08. The molecule has 0 aliphatic carbocycles. The molecule has 28 heavy (non-hydrogen) atoms. The van der Waals surface area contributed by atoms with Crippen LogP contribution in [0.3, 0.4) is 0 Å². The first-order valence-corrected chi connectivity index (χ1v) is 9.08. The molecule has 6 heteroatoms. The zero-order valence-corrected chi connectivity index (χ0v) is 15.8. The number of hydrogen-bond acceptors (Lipinski definition) is 4. The van der Waals surface area contributed by atoms with Crippen molar-refractivity contribution in [3.8, 4) is 6.07 Å². The van der Waals surface area contributed by atoms with Crippen molar-refractivity contribution in [2.24, 2.45) is 0 Å². The molecule has 0 saturated carbocycles. The van der Waals surface area contributed by atoms with Crippen LogP contribution >= 0.6 is 0 Å². The van der Waals surface area contributed by atoms with Gasteiger partial charge >= 0.3 is 0 Å². The average molecular weight is 375 g/mol. The van der Waals surface area contributed by atoms with Gasteiger partial charge in [0.15, 0.2) is 0 Å². The normalized spacial score (nSPS) is 14.3. The molecule has 0 spiro atoms. The second-order valence-corrected chi connectivity index (χ2v) is 7.13. The number of anilines is 1. The summed E-state index contributed by atoms with van der Waals surface area (Å²) in [5.41, 5.74) is 4.79. The Balaban J connectivity index is 1.72. The molecule has 0 bridgehead atoms. The predicted molar refractivity (Wildman–Crippen MR) is 105 cm³/mol. The van der Waals surface area contributed by atoms with Gasteiger partial charge in [-0.15, -0.1) is 0 Å². The largest absolute Gasteiger partial charge is 0.326 e. The lowest BCUT2D eigenvalue weighted by Gasteiger charge is -2.21. The summed E-state index contributed by atoms with van der Waals surface area (Å²) in [6.45, 7) is 3.78. The van der Waals surface area contributed by atoms with Gasteiger partial charge in [-0.3, -0.25) is 19.7 Å².